The quantitative estimate of drug-likeness (QED) is 0.617. The molecule has 28 heavy (non-hydrogen) atoms. The van der Waals surface area contributed by atoms with E-state index in [0.717, 1.165) is 34.8 Å². The molecule has 0 bridgehead atoms. The van der Waals surface area contributed by atoms with Crippen molar-refractivity contribution in [2.45, 2.75) is 13.0 Å². The molecule has 1 aliphatic heterocycles. The summed E-state index contributed by atoms with van der Waals surface area (Å²) in [5.41, 5.74) is 2.18. The number of fused-ring (bicyclic) bond motifs is 1. The predicted molar refractivity (Wildman–Crippen MR) is 105 cm³/mol. The van der Waals surface area contributed by atoms with Crippen LogP contribution >= 0.6 is 0 Å². The molecule has 0 aliphatic carbocycles. The molecule has 3 aromatic rings. The molecule has 2 aromatic carbocycles. The number of nitrogens with one attached hydrogen (secondary N) is 2. The summed E-state index contributed by atoms with van der Waals surface area (Å²) in [5, 5.41) is 14.5. The normalized spacial score (nSPS) is 11.9. The van der Waals surface area contributed by atoms with Crippen molar-refractivity contribution in [1.82, 2.24) is 15.2 Å². The van der Waals surface area contributed by atoms with Gasteiger partial charge in [-0.15, -0.1) is 5.10 Å². The summed E-state index contributed by atoms with van der Waals surface area (Å²) < 4.78 is 16.1. The van der Waals surface area contributed by atoms with Crippen LogP contribution in [-0.4, -0.2) is 35.6 Å². The lowest BCUT2D eigenvalue weighted by Gasteiger charge is -2.10. The Morgan fingerprint density at radius 2 is 1.96 bits per heavy atom. The molecule has 0 saturated heterocycles. The Morgan fingerprint density at radius 1 is 1.07 bits per heavy atom. The van der Waals surface area contributed by atoms with Gasteiger partial charge < -0.3 is 24.8 Å². The number of methoxy groups -OCH3 is 1. The van der Waals surface area contributed by atoms with Crippen molar-refractivity contribution in [1.29, 1.82) is 0 Å². The molecule has 2 heterocycles. The molecule has 0 unspecified atom stereocenters. The summed E-state index contributed by atoms with van der Waals surface area (Å²) in [5.74, 6) is 3.53. The summed E-state index contributed by atoms with van der Waals surface area (Å²) >= 11 is 0. The van der Waals surface area contributed by atoms with Crippen LogP contribution < -0.4 is 24.8 Å². The Bertz CT molecular complexity index is 951. The van der Waals surface area contributed by atoms with E-state index < -0.39 is 0 Å². The molecule has 2 N–H and O–H groups in total. The van der Waals surface area contributed by atoms with Crippen LogP contribution in [0.3, 0.4) is 0 Å². The number of nitrogens with zero attached hydrogens (tertiary/aromatic N) is 3. The zero-order valence-corrected chi connectivity index (χ0v) is 15.5. The number of hydrogen-bond acceptors (Lipinski definition) is 8. The zero-order valence-electron chi connectivity index (χ0n) is 15.5. The second-order valence-corrected chi connectivity index (χ2v) is 6.20. The highest BCUT2D eigenvalue weighted by Crippen LogP contribution is 2.32. The maximum Gasteiger partial charge on any atom is 0.244 e. The zero-order chi connectivity index (χ0) is 19.2. The smallest absolute Gasteiger partial charge is 0.244 e. The SMILES string of the molecule is COc1ccccc1CCNc1cnnc(NCc2ccc3c(c2)OCO3)n1. The van der Waals surface area contributed by atoms with Crippen molar-refractivity contribution >= 4 is 11.8 Å². The van der Waals surface area contributed by atoms with Crippen LogP contribution in [0.15, 0.2) is 48.7 Å². The van der Waals surface area contributed by atoms with E-state index >= 15 is 0 Å². The van der Waals surface area contributed by atoms with E-state index in [2.05, 4.69) is 31.9 Å². The first kappa shape index (κ1) is 17.8. The minimum Gasteiger partial charge on any atom is -0.496 e. The van der Waals surface area contributed by atoms with Gasteiger partial charge in [-0.2, -0.15) is 10.1 Å². The molecule has 0 atom stereocenters. The number of ether oxygens (including phenoxy) is 3. The Hall–Kier alpha value is -3.55. The number of anilines is 2. The van der Waals surface area contributed by atoms with Crippen LogP contribution in [0.2, 0.25) is 0 Å². The lowest BCUT2D eigenvalue weighted by atomic mass is 10.1. The van der Waals surface area contributed by atoms with Gasteiger partial charge in [0.05, 0.1) is 13.3 Å². The van der Waals surface area contributed by atoms with E-state index in [1.54, 1.807) is 13.3 Å². The summed E-state index contributed by atoms with van der Waals surface area (Å²) in [4.78, 5) is 4.45. The van der Waals surface area contributed by atoms with Crippen LogP contribution in [0.1, 0.15) is 11.1 Å². The lowest BCUT2D eigenvalue weighted by Crippen LogP contribution is -2.10. The molecule has 0 fully saturated rings. The second kappa shape index (κ2) is 8.43. The number of para-hydroxylation sites is 1. The Balaban J connectivity index is 1.31. The molecular weight excluding hydrogens is 358 g/mol. The van der Waals surface area contributed by atoms with E-state index in [4.69, 9.17) is 14.2 Å². The fraction of sp³-hybridized carbons (Fsp3) is 0.250. The van der Waals surface area contributed by atoms with Crippen LogP contribution in [0, 0.1) is 0 Å². The molecule has 8 nitrogen and oxygen atoms in total. The van der Waals surface area contributed by atoms with E-state index in [1.165, 1.54) is 0 Å². The maximum absolute atomic E-state index is 5.39. The van der Waals surface area contributed by atoms with Gasteiger partial charge in [0.2, 0.25) is 12.7 Å². The van der Waals surface area contributed by atoms with Gasteiger partial charge in [-0.3, -0.25) is 0 Å². The molecule has 1 aliphatic rings. The largest absolute Gasteiger partial charge is 0.496 e. The summed E-state index contributed by atoms with van der Waals surface area (Å²) in [7, 11) is 1.68. The Labute approximate surface area is 162 Å². The van der Waals surface area contributed by atoms with Crippen molar-refractivity contribution in [2.24, 2.45) is 0 Å². The third-order valence-electron chi connectivity index (χ3n) is 4.34. The monoisotopic (exact) mass is 379 g/mol. The van der Waals surface area contributed by atoms with E-state index in [-0.39, 0.29) is 6.79 Å². The number of benzene rings is 2. The van der Waals surface area contributed by atoms with Crippen LogP contribution in [-0.2, 0) is 13.0 Å². The highest BCUT2D eigenvalue weighted by Gasteiger charge is 2.13. The lowest BCUT2D eigenvalue weighted by molar-refractivity contribution is 0.174. The Morgan fingerprint density at radius 3 is 2.89 bits per heavy atom. The Kier molecular flexibility index (Phi) is 5.37. The first-order valence-corrected chi connectivity index (χ1v) is 9.00. The topological polar surface area (TPSA) is 90.4 Å². The van der Waals surface area contributed by atoms with Gasteiger partial charge in [0.1, 0.15) is 5.75 Å². The van der Waals surface area contributed by atoms with E-state index in [9.17, 15) is 0 Å². The first-order chi connectivity index (χ1) is 13.8. The van der Waals surface area contributed by atoms with Crippen molar-refractivity contribution in [3.63, 3.8) is 0 Å². The van der Waals surface area contributed by atoms with E-state index in [1.807, 2.05) is 36.4 Å². The molecule has 144 valence electrons. The molecule has 4 rings (SSSR count). The molecule has 0 spiro atoms. The van der Waals surface area contributed by atoms with Gasteiger partial charge >= 0.3 is 0 Å². The minimum absolute atomic E-state index is 0.266. The molecule has 1 aromatic heterocycles. The van der Waals surface area contributed by atoms with Gasteiger partial charge in [-0.25, -0.2) is 0 Å². The minimum atomic E-state index is 0.266. The van der Waals surface area contributed by atoms with Crippen molar-refractivity contribution in [3.05, 3.63) is 59.8 Å². The number of hydrogen-bond donors (Lipinski definition) is 2. The van der Waals surface area contributed by atoms with E-state index in [0.29, 0.717) is 24.9 Å². The van der Waals surface area contributed by atoms with Crippen LogP contribution in [0.5, 0.6) is 17.2 Å². The third-order valence-corrected chi connectivity index (χ3v) is 4.34. The van der Waals surface area contributed by atoms with Crippen molar-refractivity contribution in [3.8, 4) is 17.2 Å². The number of aromatic nitrogens is 3. The fourth-order valence-electron chi connectivity index (χ4n) is 2.93. The molecular formula is C20H21N5O3. The fourth-order valence-corrected chi connectivity index (χ4v) is 2.93. The van der Waals surface area contributed by atoms with Crippen LogP contribution in [0.25, 0.3) is 0 Å². The third kappa shape index (κ3) is 4.22. The molecule has 8 heteroatoms. The van der Waals surface area contributed by atoms with Gasteiger partial charge in [-0.1, -0.05) is 24.3 Å². The van der Waals surface area contributed by atoms with Gasteiger partial charge in [0, 0.05) is 13.1 Å². The predicted octanol–water partition coefficient (Wildman–Crippen LogP) is 2.88. The average molecular weight is 379 g/mol. The van der Waals surface area contributed by atoms with Gasteiger partial charge in [0.25, 0.3) is 0 Å². The molecule has 0 radical (unpaired) electrons. The first-order valence-electron chi connectivity index (χ1n) is 9.00. The summed E-state index contributed by atoms with van der Waals surface area (Å²) in [6, 6.07) is 13.8. The summed E-state index contributed by atoms with van der Waals surface area (Å²) in [6.45, 7) is 1.53. The van der Waals surface area contributed by atoms with Gasteiger partial charge in [0.15, 0.2) is 17.3 Å². The molecule has 0 amide bonds. The molecule has 0 saturated carbocycles. The average Bonchev–Trinajstić information content (AvgIpc) is 3.21. The standard InChI is InChI=1S/C20H21N5O3/c1-26-16-5-3-2-4-15(16)8-9-21-19-12-23-25-20(24-19)22-11-14-6-7-17-18(10-14)28-13-27-17/h2-7,10,12H,8-9,11,13H2,1H3,(H2,21,22,24,25). The number of rotatable bonds is 8. The maximum atomic E-state index is 5.39. The van der Waals surface area contributed by atoms with Crippen molar-refractivity contribution < 1.29 is 14.2 Å². The summed E-state index contributed by atoms with van der Waals surface area (Å²) in [6.07, 6.45) is 2.42. The highest BCUT2D eigenvalue weighted by molar-refractivity contribution is 5.45. The second-order valence-electron chi connectivity index (χ2n) is 6.20. The highest BCUT2D eigenvalue weighted by atomic mass is 16.7. The van der Waals surface area contributed by atoms with Crippen molar-refractivity contribution in [2.75, 3.05) is 31.1 Å². The van der Waals surface area contributed by atoms with Gasteiger partial charge in [-0.05, 0) is 35.7 Å². The van der Waals surface area contributed by atoms with Crippen LogP contribution in [0.4, 0.5) is 11.8 Å².